The maximum Gasteiger partial charge on any atom is 0.244 e. The van der Waals surface area contributed by atoms with Crippen molar-refractivity contribution in [1.82, 2.24) is 29.7 Å². The molecule has 3 rings (SSSR count). The van der Waals surface area contributed by atoms with E-state index in [2.05, 4.69) is 30.4 Å². The van der Waals surface area contributed by atoms with Gasteiger partial charge in [0.2, 0.25) is 9.07 Å². The molecule has 0 aliphatic rings. The molecule has 3 heterocycles. The van der Waals surface area contributed by atoms with Gasteiger partial charge in [0.05, 0.1) is 13.2 Å². The molecule has 26 heavy (non-hydrogen) atoms. The second-order valence-electron chi connectivity index (χ2n) is 5.25. The van der Waals surface area contributed by atoms with Crippen molar-refractivity contribution in [1.29, 1.82) is 0 Å². The normalized spacial score (nSPS) is 11.1. The highest BCUT2D eigenvalue weighted by atomic mass is 127. The maximum absolute atomic E-state index is 12.0. The molecule has 0 saturated carbocycles. The first-order chi connectivity index (χ1) is 12.5. The predicted molar refractivity (Wildman–Crippen MR) is 105 cm³/mol. The summed E-state index contributed by atoms with van der Waals surface area (Å²) in [5.41, 5.74) is 1.97. The Bertz CT molecular complexity index is 963. The first-order valence-corrected chi connectivity index (χ1v) is 9.22. The minimum Gasteiger partial charge on any atom is -0.380 e. The molecule has 3 aromatic heterocycles. The van der Waals surface area contributed by atoms with Crippen LogP contribution in [0.2, 0.25) is 5.28 Å². The Hall–Kier alpha value is -1.92. The zero-order valence-electron chi connectivity index (χ0n) is 14.0. The highest BCUT2D eigenvalue weighted by Crippen LogP contribution is 2.28. The maximum atomic E-state index is 12.0. The molecular weight excluding hydrogens is 473 g/mol. The molecule has 0 saturated heterocycles. The summed E-state index contributed by atoms with van der Waals surface area (Å²) in [5, 5.41) is 7.49. The number of fused-ring (bicyclic) bond motifs is 1. The van der Waals surface area contributed by atoms with Crippen LogP contribution in [0.25, 0.3) is 11.0 Å². The fourth-order valence-electron chi connectivity index (χ4n) is 2.38. The van der Waals surface area contributed by atoms with Crippen LogP contribution in [0.5, 0.6) is 0 Å². The average Bonchev–Trinajstić information content (AvgIpc) is 2.94. The van der Waals surface area contributed by atoms with Gasteiger partial charge in [0, 0.05) is 41.0 Å². The van der Waals surface area contributed by atoms with Crippen molar-refractivity contribution >= 4 is 60.7 Å². The van der Waals surface area contributed by atoms with Crippen LogP contribution in [0.15, 0.2) is 12.4 Å². The third-order valence-electron chi connectivity index (χ3n) is 3.45. The van der Waals surface area contributed by atoms with Gasteiger partial charge >= 0.3 is 0 Å². The number of carbonyl (C=O) groups excluding carboxylic acids is 1. The number of anilines is 2. The second kappa shape index (κ2) is 8.18. The fraction of sp³-hybridized carbons (Fsp3) is 0.333. The Balaban J connectivity index is 2.12. The Morgan fingerprint density at radius 3 is 2.88 bits per heavy atom. The van der Waals surface area contributed by atoms with Crippen molar-refractivity contribution in [2.45, 2.75) is 20.4 Å². The van der Waals surface area contributed by atoms with E-state index in [1.165, 1.54) is 6.33 Å². The van der Waals surface area contributed by atoms with Crippen molar-refractivity contribution < 1.29 is 9.53 Å². The summed E-state index contributed by atoms with van der Waals surface area (Å²) < 4.78 is 6.81. The molecule has 0 atom stereocenters. The Kier molecular flexibility index (Phi) is 5.94. The van der Waals surface area contributed by atoms with Gasteiger partial charge in [0.15, 0.2) is 11.5 Å². The average molecular weight is 488 g/mol. The van der Waals surface area contributed by atoms with E-state index in [-0.39, 0.29) is 14.8 Å². The third kappa shape index (κ3) is 4.07. The quantitative estimate of drug-likeness (QED) is 0.235. The summed E-state index contributed by atoms with van der Waals surface area (Å²) in [7, 11) is 0. The van der Waals surface area contributed by atoms with E-state index >= 15 is 0 Å². The summed E-state index contributed by atoms with van der Waals surface area (Å²) in [5.74, 6) is 0.958. The van der Waals surface area contributed by atoms with E-state index in [0.29, 0.717) is 42.4 Å². The van der Waals surface area contributed by atoms with Gasteiger partial charge in [0.25, 0.3) is 0 Å². The summed E-state index contributed by atoms with van der Waals surface area (Å²) in [6.07, 6.45) is 1.45. The standard InChI is InChI=1S/C15H15ClIN7O2/c1-3-26-5-4-24-12-10(11(23-24)13(17)25)21-15(16)22-14(12)20-9-6-8(2)18-7-19-9/h6-7H,3-5H2,1-2H3,(H,18,19,20,21,22). The van der Waals surface area contributed by atoms with Crippen LogP contribution in [0.1, 0.15) is 23.1 Å². The molecule has 11 heteroatoms. The molecule has 0 aliphatic carbocycles. The van der Waals surface area contributed by atoms with E-state index in [0.717, 1.165) is 5.69 Å². The number of nitrogens with zero attached hydrogens (tertiary/aromatic N) is 6. The van der Waals surface area contributed by atoms with Gasteiger partial charge in [-0.15, -0.1) is 0 Å². The lowest BCUT2D eigenvalue weighted by atomic mass is 10.3. The van der Waals surface area contributed by atoms with Gasteiger partial charge < -0.3 is 10.1 Å². The van der Waals surface area contributed by atoms with Crippen molar-refractivity contribution in [3.63, 3.8) is 0 Å². The van der Waals surface area contributed by atoms with Crippen LogP contribution in [0, 0.1) is 6.92 Å². The predicted octanol–water partition coefficient (Wildman–Crippen LogP) is 2.93. The fourth-order valence-corrected chi connectivity index (χ4v) is 2.91. The number of rotatable bonds is 7. The number of hydrogen-bond acceptors (Lipinski definition) is 8. The SMILES string of the molecule is CCOCCn1nc(C(=O)I)c2nc(Cl)nc(Nc3cc(C)ncn3)c21. The van der Waals surface area contributed by atoms with Gasteiger partial charge in [-0.25, -0.2) is 15.0 Å². The molecule has 0 aliphatic heterocycles. The Morgan fingerprint density at radius 1 is 1.38 bits per heavy atom. The zero-order valence-corrected chi connectivity index (χ0v) is 16.9. The molecule has 0 aromatic carbocycles. The minimum absolute atomic E-state index is 0.00837. The van der Waals surface area contributed by atoms with E-state index in [4.69, 9.17) is 16.3 Å². The van der Waals surface area contributed by atoms with Crippen molar-refractivity contribution in [2.75, 3.05) is 18.5 Å². The van der Waals surface area contributed by atoms with Gasteiger partial charge in [-0.3, -0.25) is 9.48 Å². The molecule has 3 aromatic rings. The van der Waals surface area contributed by atoms with E-state index in [9.17, 15) is 4.79 Å². The van der Waals surface area contributed by atoms with Gasteiger partial charge in [-0.05, 0) is 25.4 Å². The number of carbonyl (C=O) groups is 1. The van der Waals surface area contributed by atoms with Crippen molar-refractivity contribution in [3.05, 3.63) is 29.1 Å². The molecular formula is C15H15ClIN7O2. The molecule has 0 amide bonds. The smallest absolute Gasteiger partial charge is 0.244 e. The van der Waals surface area contributed by atoms with Gasteiger partial charge in [-0.2, -0.15) is 10.1 Å². The summed E-state index contributed by atoms with van der Waals surface area (Å²) in [6, 6.07) is 1.77. The highest BCUT2D eigenvalue weighted by molar-refractivity contribution is 14.1. The molecule has 1 N–H and O–H groups in total. The Morgan fingerprint density at radius 2 is 2.19 bits per heavy atom. The van der Waals surface area contributed by atoms with Crippen LogP contribution in [0.4, 0.5) is 11.6 Å². The van der Waals surface area contributed by atoms with Crippen LogP contribution in [-0.2, 0) is 11.3 Å². The molecule has 0 radical (unpaired) electrons. The minimum atomic E-state index is -0.235. The number of aryl methyl sites for hydroxylation is 1. The molecule has 0 bridgehead atoms. The highest BCUT2D eigenvalue weighted by Gasteiger charge is 2.21. The second-order valence-corrected chi connectivity index (χ2v) is 6.57. The summed E-state index contributed by atoms with van der Waals surface area (Å²) in [4.78, 5) is 28.7. The summed E-state index contributed by atoms with van der Waals surface area (Å²) in [6.45, 7) is 5.24. The lowest BCUT2D eigenvalue weighted by Gasteiger charge is -2.09. The van der Waals surface area contributed by atoms with E-state index in [1.807, 2.05) is 13.8 Å². The van der Waals surface area contributed by atoms with E-state index in [1.54, 1.807) is 33.3 Å². The Labute approximate surface area is 167 Å². The number of hydrogen-bond donors (Lipinski definition) is 1. The number of nitrogens with one attached hydrogen (secondary N) is 1. The molecule has 0 unspecified atom stereocenters. The van der Waals surface area contributed by atoms with Crippen molar-refractivity contribution in [2.24, 2.45) is 0 Å². The van der Waals surface area contributed by atoms with Crippen molar-refractivity contribution in [3.8, 4) is 0 Å². The van der Waals surface area contributed by atoms with Crippen LogP contribution in [0.3, 0.4) is 0 Å². The first kappa shape index (κ1) is 18.9. The lowest BCUT2D eigenvalue weighted by molar-refractivity contribution is 0.110. The molecule has 9 nitrogen and oxygen atoms in total. The van der Waals surface area contributed by atoms with Crippen LogP contribution in [-0.4, -0.2) is 46.7 Å². The van der Waals surface area contributed by atoms with E-state index < -0.39 is 0 Å². The first-order valence-electron chi connectivity index (χ1n) is 7.77. The third-order valence-corrected chi connectivity index (χ3v) is 4.13. The van der Waals surface area contributed by atoms with Crippen LogP contribution >= 0.6 is 34.2 Å². The monoisotopic (exact) mass is 487 g/mol. The summed E-state index contributed by atoms with van der Waals surface area (Å²) >= 11 is 7.74. The largest absolute Gasteiger partial charge is 0.380 e. The number of ether oxygens (including phenoxy) is 1. The molecule has 0 spiro atoms. The zero-order chi connectivity index (χ0) is 18.7. The molecule has 136 valence electrons. The van der Waals surface area contributed by atoms with Gasteiger partial charge in [-0.1, -0.05) is 0 Å². The molecule has 0 fully saturated rings. The number of halogens is 2. The lowest BCUT2D eigenvalue weighted by Crippen LogP contribution is -2.09. The van der Waals surface area contributed by atoms with Gasteiger partial charge in [0.1, 0.15) is 23.2 Å². The van der Waals surface area contributed by atoms with Crippen LogP contribution < -0.4 is 5.32 Å². The number of aromatic nitrogens is 6. The topological polar surface area (TPSA) is 108 Å².